The molecular weight excluding hydrogens is 1070 g/mol. The predicted molar refractivity (Wildman–Crippen MR) is 300 cm³/mol. The second kappa shape index (κ2) is 35.9. The first-order valence-corrected chi connectivity index (χ1v) is 27.4. The molecular formula is C56H75BF2N9O14+. The first-order chi connectivity index (χ1) is 39.3. The zero-order valence-corrected chi connectivity index (χ0v) is 46.0. The van der Waals surface area contributed by atoms with Crippen LogP contribution in [0, 0.1) is 0 Å². The van der Waals surface area contributed by atoms with Crippen molar-refractivity contribution in [2.75, 3.05) is 26.2 Å². The highest BCUT2D eigenvalue weighted by molar-refractivity contribution is 6.36. The molecule has 0 fully saturated rings. The van der Waals surface area contributed by atoms with Gasteiger partial charge in [0.25, 0.3) is 5.91 Å². The Labute approximate surface area is 474 Å². The third-order valence-electron chi connectivity index (χ3n) is 13.1. The van der Waals surface area contributed by atoms with Crippen LogP contribution < -0.4 is 36.6 Å². The lowest BCUT2D eigenvalue weighted by molar-refractivity contribution is -0.340. The number of aliphatic carboxylic acids is 4. The summed E-state index contributed by atoms with van der Waals surface area (Å²) in [5.41, 5.74) is 3.87. The summed E-state index contributed by atoms with van der Waals surface area (Å²) >= 11 is 0. The molecule has 1 aliphatic heterocycles. The van der Waals surface area contributed by atoms with Gasteiger partial charge in [-0.2, -0.15) is 0 Å². The molecule has 1 aliphatic rings. The average Bonchev–Trinajstić information content (AvgIpc) is 4.29. The molecule has 11 N–H and O–H groups in total. The first-order valence-electron chi connectivity index (χ1n) is 27.4. The van der Waals surface area contributed by atoms with E-state index in [0.29, 0.717) is 113 Å². The number of amides is 6. The number of rotatable bonds is 40. The van der Waals surface area contributed by atoms with Gasteiger partial charge in [-0.05, 0) is 119 Å². The molecule has 1 aromatic carbocycles. The largest absolute Gasteiger partial charge is 0.935 e. The van der Waals surface area contributed by atoms with Crippen molar-refractivity contribution in [1.82, 2.24) is 41.5 Å². The number of carbonyl (C=O) groups is 9. The van der Waals surface area contributed by atoms with Gasteiger partial charge in [0.1, 0.15) is 29.6 Å². The lowest BCUT2D eigenvalue weighted by Crippen LogP contribution is -2.51. The van der Waals surface area contributed by atoms with Crippen LogP contribution in [0.2, 0.25) is 0 Å². The number of halogens is 2. The van der Waals surface area contributed by atoms with Gasteiger partial charge in [0, 0.05) is 88.2 Å². The minimum Gasteiger partial charge on any atom is -0.484 e. The Morgan fingerprint density at radius 2 is 1.12 bits per heavy atom. The van der Waals surface area contributed by atoms with E-state index in [1.807, 2.05) is 48.0 Å². The van der Waals surface area contributed by atoms with E-state index in [1.165, 1.54) is 0 Å². The van der Waals surface area contributed by atoms with Crippen molar-refractivity contribution in [3.8, 4) is 5.75 Å². The minimum absolute atomic E-state index is 0.00443. The summed E-state index contributed by atoms with van der Waals surface area (Å²) in [5, 5.41) is 52.1. The molecule has 0 radical (unpaired) electrons. The molecule has 0 spiro atoms. The molecule has 3 heterocycles. The zero-order valence-electron chi connectivity index (χ0n) is 46.0. The number of aromatic amines is 1. The summed E-state index contributed by atoms with van der Waals surface area (Å²) in [6.45, 7) is 0.866. The fourth-order valence-corrected chi connectivity index (χ4v) is 8.56. The number of H-pyrrole nitrogens is 1. The number of nitrogens with zero attached hydrogens (tertiary/aromatic N) is 2. The Balaban J connectivity index is 0.965. The summed E-state index contributed by atoms with van der Waals surface area (Å²) in [6, 6.07) is 9.51. The van der Waals surface area contributed by atoms with Gasteiger partial charge in [0.05, 0.1) is 0 Å². The van der Waals surface area contributed by atoms with Crippen molar-refractivity contribution in [3.05, 3.63) is 95.2 Å². The molecule has 3 aromatic rings. The third kappa shape index (κ3) is 24.8. The fraction of sp³-hybridized carbons (Fsp3) is 0.464. The number of nitrogens with one attached hydrogen (secondary N) is 7. The van der Waals surface area contributed by atoms with Crippen LogP contribution in [0.3, 0.4) is 0 Å². The highest BCUT2D eigenvalue weighted by Gasteiger charge is 2.42. The van der Waals surface area contributed by atoms with Crippen molar-refractivity contribution in [1.29, 1.82) is 0 Å². The minimum atomic E-state index is -2.72. The van der Waals surface area contributed by atoms with Crippen LogP contribution >= 0.6 is 0 Å². The molecule has 1 unspecified atom stereocenters. The van der Waals surface area contributed by atoms with Crippen LogP contribution in [0.25, 0.3) is 18.2 Å². The maximum absolute atomic E-state index is 14.1. The highest BCUT2D eigenvalue weighted by Crippen LogP contribution is 2.22. The molecule has 23 nitrogen and oxygen atoms in total. The third-order valence-corrected chi connectivity index (χ3v) is 13.1. The number of ether oxygens (including phenoxy) is 1. The Bertz CT molecular complexity index is 2750. The lowest BCUT2D eigenvalue weighted by Gasteiger charge is -2.18. The SMILES string of the molecule is Cn1c(/C=C\c2ccc(OCC(=O)NCCCCCC(=O)NCCCCC(NC(=O)CCCCCCC(=O)NCCCC[C@H](NC(=O)N[C@@H](CCC(=O)O)C(=O)O)C(=O)O)C(=O)O)cc2)ccc1/C=C1/C=CC(c2ccc[nH]2)=[N+]1B(F)F. The van der Waals surface area contributed by atoms with Crippen molar-refractivity contribution < 1.29 is 81.4 Å². The molecule has 444 valence electrons. The summed E-state index contributed by atoms with van der Waals surface area (Å²) < 4.78 is 36.7. The Hall–Kier alpha value is -8.58. The van der Waals surface area contributed by atoms with E-state index in [1.54, 1.807) is 48.7 Å². The smallest absolute Gasteiger partial charge is 0.484 e. The Morgan fingerprint density at radius 3 is 1.67 bits per heavy atom. The zero-order chi connectivity index (χ0) is 59.8. The maximum Gasteiger partial charge on any atom is 0.935 e. The van der Waals surface area contributed by atoms with Gasteiger partial charge in [0.2, 0.25) is 23.4 Å². The second-order valence-electron chi connectivity index (χ2n) is 19.5. The van der Waals surface area contributed by atoms with E-state index < -0.39 is 67.8 Å². The van der Waals surface area contributed by atoms with Crippen LogP contribution in [0.15, 0.2) is 72.6 Å². The van der Waals surface area contributed by atoms with Gasteiger partial charge in [-0.1, -0.05) is 37.5 Å². The molecule has 3 atom stereocenters. The fourth-order valence-electron chi connectivity index (χ4n) is 8.56. The average molecular weight is 1150 g/mol. The molecule has 4 rings (SSSR count). The van der Waals surface area contributed by atoms with Crippen molar-refractivity contribution >= 4 is 84.9 Å². The summed E-state index contributed by atoms with van der Waals surface area (Å²) in [6.07, 6.45) is 16.5. The number of urea groups is 1. The number of carboxylic acid groups (broad SMARTS) is 4. The topological polar surface area (TPSA) is 340 Å². The number of carboxylic acids is 4. The van der Waals surface area contributed by atoms with E-state index in [9.17, 15) is 67.1 Å². The Morgan fingerprint density at radius 1 is 0.598 bits per heavy atom. The van der Waals surface area contributed by atoms with Gasteiger partial charge in [0.15, 0.2) is 12.3 Å². The molecule has 2 aromatic heterocycles. The molecule has 6 amide bonds. The van der Waals surface area contributed by atoms with Crippen LogP contribution in [0.5, 0.6) is 5.75 Å². The Kier molecular flexibility index (Phi) is 28.9. The maximum atomic E-state index is 14.1. The molecule has 0 aliphatic carbocycles. The van der Waals surface area contributed by atoms with Crippen LogP contribution in [-0.2, 0) is 45.4 Å². The van der Waals surface area contributed by atoms with E-state index in [-0.39, 0.29) is 63.0 Å². The van der Waals surface area contributed by atoms with E-state index in [4.69, 9.17) is 9.84 Å². The van der Waals surface area contributed by atoms with Crippen LogP contribution in [0.4, 0.5) is 13.4 Å². The van der Waals surface area contributed by atoms with E-state index in [0.717, 1.165) is 21.4 Å². The van der Waals surface area contributed by atoms with Crippen molar-refractivity contribution in [2.45, 2.75) is 134 Å². The predicted octanol–water partition coefficient (Wildman–Crippen LogP) is 5.47. The number of hydrogen-bond acceptors (Lipinski definition) is 10. The van der Waals surface area contributed by atoms with Crippen LogP contribution in [0.1, 0.15) is 138 Å². The number of hydrogen-bond donors (Lipinski definition) is 11. The normalized spacial score (nSPS) is 13.5. The number of allylic oxidation sites excluding steroid dienone is 2. The molecule has 0 saturated heterocycles. The highest BCUT2D eigenvalue weighted by atomic mass is 19.2. The summed E-state index contributed by atoms with van der Waals surface area (Å²) in [7, 11) is -0.858. The summed E-state index contributed by atoms with van der Waals surface area (Å²) in [5.74, 6) is -5.73. The van der Waals surface area contributed by atoms with Gasteiger partial charge in [-0.25, -0.2) is 32.3 Å². The van der Waals surface area contributed by atoms with Crippen molar-refractivity contribution in [2.24, 2.45) is 7.05 Å². The van der Waals surface area contributed by atoms with Gasteiger partial charge in [-0.3, -0.25) is 24.0 Å². The van der Waals surface area contributed by atoms with Gasteiger partial charge >= 0.3 is 37.3 Å². The van der Waals surface area contributed by atoms with Gasteiger partial charge in [-0.15, -0.1) is 0 Å². The van der Waals surface area contributed by atoms with Crippen molar-refractivity contribution in [3.63, 3.8) is 0 Å². The number of aromatic nitrogens is 2. The number of benzene rings is 1. The first kappa shape index (κ1) is 65.9. The number of unbranched alkanes of at least 4 members (excludes halogenated alkanes) is 7. The molecule has 0 saturated carbocycles. The monoisotopic (exact) mass is 1150 g/mol. The standard InChI is InChI=1S/C56H74BF2N9O14/c1-67-39(24-25-40(67)36-41-26-30-47(68(41)57(58)59)43-16-13-35-60-43)23-20-38-21-27-42(28-22-38)82-37-51(72)63-32-10-4-7-18-49(70)62-33-11-8-14-44(53(75)76)64-50(71)19-6-3-2-5-17-48(69)61-34-12-9-15-45(54(77)78)65-56(81)66-46(55(79)80)29-31-52(73)74/h13,16,20-28,30,35-36,44-46H,2-12,14-15,17-19,29,31-34,37H2,1H3,(H10,61,62,63,64,65,66,69,70,71,72,73,74,75,76,77,78,79,80,81)/p+1/b23-20-,41-36-/t44?,45-,46-/m0/s1. The lowest BCUT2D eigenvalue weighted by atomic mass is 10.1. The summed E-state index contributed by atoms with van der Waals surface area (Å²) in [4.78, 5) is 110. The van der Waals surface area contributed by atoms with Gasteiger partial charge < -0.3 is 66.6 Å². The van der Waals surface area contributed by atoms with E-state index in [2.05, 4.69) is 36.9 Å². The quantitative estimate of drug-likeness (QED) is 0.0249. The second-order valence-corrected chi connectivity index (χ2v) is 19.5. The van der Waals surface area contributed by atoms with E-state index >= 15 is 0 Å². The molecule has 26 heteroatoms. The van der Waals surface area contributed by atoms with Crippen LogP contribution in [-0.4, -0.2) is 145 Å². The number of carbonyl (C=O) groups excluding carboxylic acids is 5. The molecule has 82 heavy (non-hydrogen) atoms. The molecule has 0 bridgehead atoms.